The van der Waals surface area contributed by atoms with Gasteiger partial charge in [0.25, 0.3) is 0 Å². The molecule has 0 atom stereocenters. The normalized spacial score (nSPS) is 10.9. The molecule has 0 saturated carbocycles. The van der Waals surface area contributed by atoms with Gasteiger partial charge in [-0.15, -0.1) is 11.3 Å². The van der Waals surface area contributed by atoms with Crippen LogP contribution in [0, 0.1) is 0 Å². The zero-order chi connectivity index (χ0) is 13.8. The van der Waals surface area contributed by atoms with Crippen LogP contribution < -0.4 is 0 Å². The van der Waals surface area contributed by atoms with Gasteiger partial charge in [-0.05, 0) is 30.3 Å². The number of aromatic nitrogens is 1. The first kappa shape index (κ1) is 13.8. The Labute approximate surface area is 121 Å². The van der Waals surface area contributed by atoms with Crippen molar-refractivity contribution in [2.45, 2.75) is 0 Å². The summed E-state index contributed by atoms with van der Waals surface area (Å²) in [6.07, 6.45) is 5.38. The van der Waals surface area contributed by atoms with Crippen LogP contribution in [0.5, 0.6) is 0 Å². The smallest absolute Gasteiger partial charge is 0.204 e. The van der Waals surface area contributed by atoms with Crippen molar-refractivity contribution in [1.82, 2.24) is 9.88 Å². The number of nitrogens with zero attached hydrogens (tertiary/aromatic N) is 2. The zero-order valence-electron chi connectivity index (χ0n) is 10.6. The molecule has 0 bridgehead atoms. The van der Waals surface area contributed by atoms with Gasteiger partial charge in [-0.25, -0.2) is 4.98 Å². The Bertz CT molecular complexity index is 602. The summed E-state index contributed by atoms with van der Waals surface area (Å²) in [5.41, 5.74) is 0.621. The van der Waals surface area contributed by atoms with Gasteiger partial charge in [0, 0.05) is 37.1 Å². The van der Waals surface area contributed by atoms with Crippen molar-refractivity contribution < 1.29 is 4.79 Å². The predicted molar refractivity (Wildman–Crippen MR) is 79.7 cm³/mol. The van der Waals surface area contributed by atoms with Crippen LogP contribution in [-0.2, 0) is 0 Å². The number of hydrogen-bond donors (Lipinski definition) is 0. The predicted octanol–water partition coefficient (Wildman–Crippen LogP) is 3.56. The minimum atomic E-state index is -0.0290. The molecule has 2 rings (SSSR count). The third-order valence-electron chi connectivity index (χ3n) is 2.37. The van der Waals surface area contributed by atoms with Crippen LogP contribution in [0.15, 0.2) is 36.7 Å². The van der Waals surface area contributed by atoms with Crippen molar-refractivity contribution in [3.63, 3.8) is 0 Å². The minimum Gasteiger partial charge on any atom is -0.383 e. The molecule has 0 aliphatic rings. The molecular formula is C14H13ClN2OS. The molecule has 0 unspecified atom stereocenters. The maximum Gasteiger partial charge on any atom is 0.204 e. The first-order valence-corrected chi connectivity index (χ1v) is 6.86. The van der Waals surface area contributed by atoms with Crippen LogP contribution in [0.3, 0.4) is 0 Å². The lowest BCUT2D eigenvalue weighted by molar-refractivity contribution is 0.104. The average Bonchev–Trinajstić information content (AvgIpc) is 2.85. The summed E-state index contributed by atoms with van der Waals surface area (Å²) in [4.78, 5) is 19.0. The van der Waals surface area contributed by atoms with E-state index in [9.17, 15) is 4.79 Å². The number of halogens is 1. The third kappa shape index (κ3) is 3.66. The number of carbonyl (C=O) groups is 1. The summed E-state index contributed by atoms with van der Waals surface area (Å²) in [5, 5.41) is 1.43. The molecule has 2 aromatic rings. The SMILES string of the molecule is CN(C)/C=C\c1ncc(C(=O)c2ccc(Cl)cc2)s1. The van der Waals surface area contributed by atoms with Crippen LogP contribution in [0.4, 0.5) is 0 Å². The van der Waals surface area contributed by atoms with Gasteiger partial charge in [-0.3, -0.25) is 4.79 Å². The molecule has 98 valence electrons. The van der Waals surface area contributed by atoms with Gasteiger partial charge >= 0.3 is 0 Å². The monoisotopic (exact) mass is 292 g/mol. The number of carbonyl (C=O) groups excluding carboxylic acids is 1. The number of ketones is 1. The summed E-state index contributed by atoms with van der Waals surface area (Å²) >= 11 is 7.18. The second-order valence-electron chi connectivity index (χ2n) is 4.18. The quantitative estimate of drug-likeness (QED) is 0.808. The molecular weight excluding hydrogens is 280 g/mol. The van der Waals surface area contributed by atoms with Crippen LogP contribution >= 0.6 is 22.9 Å². The van der Waals surface area contributed by atoms with Crippen molar-refractivity contribution in [2.75, 3.05) is 14.1 Å². The van der Waals surface area contributed by atoms with Gasteiger partial charge in [0.1, 0.15) is 5.01 Å². The fourth-order valence-electron chi connectivity index (χ4n) is 1.43. The lowest BCUT2D eigenvalue weighted by Crippen LogP contribution is -1.99. The van der Waals surface area contributed by atoms with E-state index >= 15 is 0 Å². The molecule has 0 aliphatic heterocycles. The second-order valence-corrected chi connectivity index (χ2v) is 5.68. The number of thiazole rings is 1. The summed E-state index contributed by atoms with van der Waals surface area (Å²) in [7, 11) is 3.87. The van der Waals surface area contributed by atoms with Crippen LogP contribution in [0.1, 0.15) is 20.2 Å². The lowest BCUT2D eigenvalue weighted by Gasteiger charge is -2.01. The van der Waals surface area contributed by atoms with Crippen molar-refractivity contribution in [1.29, 1.82) is 0 Å². The molecule has 0 saturated heterocycles. The molecule has 0 N–H and O–H groups in total. The van der Waals surface area contributed by atoms with Crippen molar-refractivity contribution >= 4 is 34.8 Å². The molecule has 3 nitrogen and oxygen atoms in total. The Morgan fingerprint density at radius 3 is 2.63 bits per heavy atom. The zero-order valence-corrected chi connectivity index (χ0v) is 12.2. The van der Waals surface area contributed by atoms with Gasteiger partial charge in [-0.2, -0.15) is 0 Å². The number of benzene rings is 1. The molecule has 19 heavy (non-hydrogen) atoms. The highest BCUT2D eigenvalue weighted by molar-refractivity contribution is 7.14. The molecule has 1 aromatic heterocycles. The van der Waals surface area contributed by atoms with Crippen LogP contribution in [-0.4, -0.2) is 29.8 Å². The first-order valence-electron chi connectivity index (χ1n) is 5.67. The van der Waals surface area contributed by atoms with E-state index in [1.165, 1.54) is 11.3 Å². The maximum atomic E-state index is 12.2. The molecule has 0 fully saturated rings. The molecule has 0 aliphatic carbocycles. The molecule has 1 heterocycles. The fraction of sp³-hybridized carbons (Fsp3) is 0.143. The maximum absolute atomic E-state index is 12.2. The Morgan fingerprint density at radius 2 is 2.00 bits per heavy atom. The first-order chi connectivity index (χ1) is 9.06. The largest absolute Gasteiger partial charge is 0.383 e. The lowest BCUT2D eigenvalue weighted by atomic mass is 10.1. The van der Waals surface area contributed by atoms with E-state index in [1.807, 2.05) is 31.3 Å². The van der Waals surface area contributed by atoms with E-state index in [1.54, 1.807) is 30.5 Å². The second kappa shape index (κ2) is 5.99. The van der Waals surface area contributed by atoms with Crippen molar-refractivity contribution in [3.8, 4) is 0 Å². The van der Waals surface area contributed by atoms with Gasteiger partial charge in [0.15, 0.2) is 0 Å². The van der Waals surface area contributed by atoms with Crippen molar-refractivity contribution in [3.05, 3.63) is 57.1 Å². The summed E-state index contributed by atoms with van der Waals surface area (Å²) in [5.74, 6) is -0.0290. The summed E-state index contributed by atoms with van der Waals surface area (Å²) in [6, 6.07) is 6.87. The van der Waals surface area contributed by atoms with Gasteiger partial charge < -0.3 is 4.90 Å². The van der Waals surface area contributed by atoms with Crippen molar-refractivity contribution in [2.24, 2.45) is 0 Å². The molecule has 5 heteroatoms. The average molecular weight is 293 g/mol. The van der Waals surface area contributed by atoms with E-state index in [0.29, 0.717) is 15.5 Å². The van der Waals surface area contributed by atoms with E-state index in [4.69, 9.17) is 11.6 Å². The number of rotatable bonds is 4. The Hall–Kier alpha value is -1.65. The van der Waals surface area contributed by atoms with E-state index in [-0.39, 0.29) is 5.78 Å². The van der Waals surface area contributed by atoms with E-state index in [2.05, 4.69) is 4.98 Å². The summed E-state index contributed by atoms with van der Waals surface area (Å²) < 4.78 is 0. The standard InChI is InChI=1S/C14H13ClN2OS/c1-17(2)8-7-13-16-9-12(19-13)14(18)10-3-5-11(15)6-4-10/h3-9H,1-2H3/b8-7-. The highest BCUT2D eigenvalue weighted by atomic mass is 35.5. The molecule has 0 amide bonds. The van der Waals surface area contributed by atoms with E-state index in [0.717, 1.165) is 5.01 Å². The Kier molecular flexibility index (Phi) is 4.35. The molecule has 0 spiro atoms. The van der Waals surface area contributed by atoms with Crippen LogP contribution in [0.2, 0.25) is 5.02 Å². The number of hydrogen-bond acceptors (Lipinski definition) is 4. The van der Waals surface area contributed by atoms with Crippen LogP contribution in [0.25, 0.3) is 6.08 Å². The van der Waals surface area contributed by atoms with Gasteiger partial charge in [0.05, 0.1) is 4.88 Å². The van der Waals surface area contributed by atoms with Gasteiger partial charge in [-0.1, -0.05) is 11.6 Å². The highest BCUT2D eigenvalue weighted by Crippen LogP contribution is 2.19. The topological polar surface area (TPSA) is 33.2 Å². The third-order valence-corrected chi connectivity index (χ3v) is 3.58. The Morgan fingerprint density at radius 1 is 1.32 bits per heavy atom. The molecule has 1 aromatic carbocycles. The minimum absolute atomic E-state index is 0.0290. The van der Waals surface area contributed by atoms with E-state index < -0.39 is 0 Å². The fourth-order valence-corrected chi connectivity index (χ4v) is 2.33. The highest BCUT2D eigenvalue weighted by Gasteiger charge is 2.12. The Balaban J connectivity index is 2.18. The van der Waals surface area contributed by atoms with Gasteiger partial charge in [0.2, 0.25) is 5.78 Å². The summed E-state index contributed by atoms with van der Waals surface area (Å²) in [6.45, 7) is 0. The molecule has 0 radical (unpaired) electrons.